The third-order valence-corrected chi connectivity index (χ3v) is 8.18. The smallest absolute Gasteiger partial charge is 0.115 e. The summed E-state index contributed by atoms with van der Waals surface area (Å²) in [6.07, 6.45) is 4.40. The highest BCUT2D eigenvalue weighted by Gasteiger charge is 2.58. The van der Waals surface area contributed by atoms with Crippen molar-refractivity contribution in [3.05, 3.63) is 29.3 Å². The molecular weight excluding hydrogens is 387 g/mol. The van der Waals surface area contributed by atoms with Crippen molar-refractivity contribution < 1.29 is 10.2 Å². The number of aromatic hydroxyl groups is 1. The average Bonchev–Trinajstić information content (AvgIpc) is 2.70. The summed E-state index contributed by atoms with van der Waals surface area (Å²) in [5.74, 6) is 2.98. The first kappa shape index (κ1) is 15.3. The van der Waals surface area contributed by atoms with E-state index in [0.717, 1.165) is 19.3 Å². The van der Waals surface area contributed by atoms with Gasteiger partial charge < -0.3 is 10.2 Å². The molecule has 120 valence electrons. The van der Waals surface area contributed by atoms with Gasteiger partial charge in [-0.1, -0.05) is 42.5 Å². The maximum Gasteiger partial charge on any atom is 0.115 e. The van der Waals surface area contributed by atoms with Crippen molar-refractivity contribution in [3.8, 4) is 5.75 Å². The molecule has 2 fully saturated rings. The Balaban J connectivity index is 1.76. The van der Waals surface area contributed by atoms with Crippen LogP contribution in [-0.4, -0.2) is 20.2 Å². The number of aliphatic hydroxyl groups is 1. The van der Waals surface area contributed by atoms with Gasteiger partial charge in [0.1, 0.15) is 5.75 Å². The molecule has 3 heteroatoms. The van der Waals surface area contributed by atoms with Gasteiger partial charge in [-0.15, -0.1) is 0 Å². The van der Waals surface area contributed by atoms with E-state index >= 15 is 0 Å². The Bertz CT molecular complexity index is 601. The zero-order valence-electron chi connectivity index (χ0n) is 13.3. The van der Waals surface area contributed by atoms with Crippen molar-refractivity contribution in [2.24, 2.45) is 23.2 Å². The Morgan fingerprint density at radius 2 is 2.09 bits per heavy atom. The van der Waals surface area contributed by atoms with E-state index in [4.69, 9.17) is 0 Å². The van der Waals surface area contributed by atoms with E-state index in [-0.39, 0.29) is 11.5 Å². The minimum Gasteiger partial charge on any atom is -0.508 e. The highest BCUT2D eigenvalue weighted by atomic mass is 127. The van der Waals surface area contributed by atoms with Gasteiger partial charge in [0.05, 0.1) is 6.10 Å². The second-order valence-corrected chi connectivity index (χ2v) is 9.70. The van der Waals surface area contributed by atoms with E-state index in [9.17, 15) is 10.2 Å². The number of hydrogen-bond donors (Lipinski definition) is 2. The molecule has 0 heterocycles. The van der Waals surface area contributed by atoms with Crippen LogP contribution < -0.4 is 0 Å². The largest absolute Gasteiger partial charge is 0.508 e. The lowest BCUT2D eigenvalue weighted by molar-refractivity contribution is -0.0342. The molecule has 3 unspecified atom stereocenters. The Hall–Kier alpha value is -0.290. The molecular formula is C19H25IO2. The number of phenols is 1. The number of aliphatic hydroxyl groups excluding tert-OH is 1. The maximum atomic E-state index is 10.7. The van der Waals surface area contributed by atoms with E-state index in [2.05, 4.69) is 42.5 Å². The second kappa shape index (κ2) is 5.10. The normalized spacial score (nSPS) is 46.7. The molecule has 0 bridgehead atoms. The third kappa shape index (κ3) is 2.00. The Morgan fingerprint density at radius 3 is 2.86 bits per heavy atom. The van der Waals surface area contributed by atoms with Gasteiger partial charge in [-0.05, 0) is 78.0 Å². The second-order valence-electron chi connectivity index (χ2n) is 8.10. The molecule has 3 aliphatic rings. The first-order valence-corrected chi connectivity index (χ1v) is 9.80. The molecule has 0 amide bonds. The average molecular weight is 412 g/mol. The van der Waals surface area contributed by atoms with Crippen molar-refractivity contribution in [2.45, 2.75) is 55.5 Å². The molecule has 2 saturated carbocycles. The first-order valence-electron chi connectivity index (χ1n) is 8.55. The number of rotatable bonds is 0. The number of alkyl halides is 1. The van der Waals surface area contributed by atoms with Gasteiger partial charge in [-0.2, -0.15) is 0 Å². The molecule has 1 aromatic carbocycles. The van der Waals surface area contributed by atoms with Crippen molar-refractivity contribution in [1.82, 2.24) is 0 Å². The van der Waals surface area contributed by atoms with Crippen molar-refractivity contribution in [1.29, 1.82) is 0 Å². The van der Waals surface area contributed by atoms with Gasteiger partial charge in [-0.3, -0.25) is 0 Å². The standard InChI is InChI=1S/C19H25IO2/c1-10-7-11-8-12(21)3-4-13(11)14-5-6-19(2)15(17(10)14)9-16(20)18(19)22/h3-4,8,10,14-18,21-22H,5-7,9H2,1-2H3/t10-,14?,15?,16-,17?,18+,19+/m1/s1. The van der Waals surface area contributed by atoms with Crippen LogP contribution >= 0.6 is 22.6 Å². The fourth-order valence-electron chi connectivity index (χ4n) is 5.91. The molecule has 2 nitrogen and oxygen atoms in total. The Labute approximate surface area is 146 Å². The van der Waals surface area contributed by atoms with Gasteiger partial charge in [-0.25, -0.2) is 0 Å². The van der Waals surface area contributed by atoms with Crippen LogP contribution in [0.4, 0.5) is 0 Å². The molecule has 3 aliphatic carbocycles. The predicted molar refractivity (Wildman–Crippen MR) is 96.5 cm³/mol. The molecule has 0 saturated heterocycles. The number of phenolic OH excluding ortho intramolecular Hbond substituents is 1. The van der Waals surface area contributed by atoms with Gasteiger partial charge in [0, 0.05) is 3.92 Å². The van der Waals surface area contributed by atoms with Crippen LogP contribution in [0.2, 0.25) is 0 Å². The van der Waals surface area contributed by atoms with Crippen LogP contribution in [0.5, 0.6) is 5.75 Å². The topological polar surface area (TPSA) is 40.5 Å². The molecule has 0 radical (unpaired) electrons. The molecule has 2 N–H and O–H groups in total. The van der Waals surface area contributed by atoms with Crippen LogP contribution in [0.25, 0.3) is 0 Å². The van der Waals surface area contributed by atoms with Crippen LogP contribution in [0.3, 0.4) is 0 Å². The predicted octanol–water partition coefficient (Wildman–Crippen LogP) is 4.27. The lowest BCUT2D eigenvalue weighted by Crippen LogP contribution is -2.47. The van der Waals surface area contributed by atoms with Crippen molar-refractivity contribution in [2.75, 3.05) is 0 Å². The number of benzene rings is 1. The summed E-state index contributed by atoms with van der Waals surface area (Å²) in [5, 5.41) is 20.5. The lowest BCUT2D eigenvalue weighted by Gasteiger charge is -2.52. The minimum atomic E-state index is -0.146. The fourth-order valence-corrected chi connectivity index (χ4v) is 7.28. The van der Waals surface area contributed by atoms with Gasteiger partial charge in [0.2, 0.25) is 0 Å². The Kier molecular flexibility index (Phi) is 3.54. The van der Waals surface area contributed by atoms with E-state index in [1.165, 1.54) is 17.5 Å². The van der Waals surface area contributed by atoms with Crippen LogP contribution in [0.15, 0.2) is 18.2 Å². The van der Waals surface area contributed by atoms with Crippen molar-refractivity contribution >= 4 is 22.6 Å². The third-order valence-electron chi connectivity index (χ3n) is 6.99. The quantitative estimate of drug-likeness (QED) is 0.494. The molecule has 0 spiro atoms. The highest BCUT2D eigenvalue weighted by Crippen LogP contribution is 2.63. The molecule has 0 aromatic heterocycles. The lowest BCUT2D eigenvalue weighted by atomic mass is 9.53. The zero-order chi connectivity index (χ0) is 15.6. The van der Waals surface area contributed by atoms with E-state index in [1.54, 1.807) is 0 Å². The van der Waals surface area contributed by atoms with Crippen LogP contribution in [0, 0.1) is 23.2 Å². The zero-order valence-corrected chi connectivity index (χ0v) is 15.5. The molecule has 1 aromatic rings. The summed E-state index contributed by atoms with van der Waals surface area (Å²) in [4.78, 5) is 0. The number of fused-ring (bicyclic) bond motifs is 5. The molecule has 4 rings (SSSR count). The van der Waals surface area contributed by atoms with Gasteiger partial charge in [0.15, 0.2) is 0 Å². The maximum absolute atomic E-state index is 10.7. The number of hydrogen-bond acceptors (Lipinski definition) is 2. The summed E-state index contributed by atoms with van der Waals surface area (Å²) >= 11 is 2.46. The summed E-state index contributed by atoms with van der Waals surface area (Å²) in [7, 11) is 0. The first-order chi connectivity index (χ1) is 10.4. The molecule has 7 atom stereocenters. The van der Waals surface area contributed by atoms with Crippen LogP contribution in [0.1, 0.15) is 50.2 Å². The van der Waals surface area contributed by atoms with E-state index in [0.29, 0.717) is 33.3 Å². The summed E-state index contributed by atoms with van der Waals surface area (Å²) < 4.78 is 0.403. The number of halogens is 1. The molecule has 22 heavy (non-hydrogen) atoms. The van der Waals surface area contributed by atoms with Crippen molar-refractivity contribution in [3.63, 3.8) is 0 Å². The minimum absolute atomic E-state index is 0.107. The van der Waals surface area contributed by atoms with Crippen LogP contribution in [-0.2, 0) is 6.42 Å². The Morgan fingerprint density at radius 1 is 1.32 bits per heavy atom. The highest BCUT2D eigenvalue weighted by molar-refractivity contribution is 14.1. The summed E-state index contributed by atoms with van der Waals surface area (Å²) in [5.41, 5.74) is 2.92. The SMILES string of the molecule is C[C@@H]1Cc2cc(O)ccc2C2CC[C@@]3(C)C(C[C@@H](I)[C@@H]3O)C21. The fraction of sp³-hybridized carbons (Fsp3) is 0.684. The van der Waals surface area contributed by atoms with Gasteiger partial charge in [0.25, 0.3) is 0 Å². The summed E-state index contributed by atoms with van der Waals surface area (Å²) in [6.45, 7) is 4.71. The van der Waals surface area contributed by atoms with Gasteiger partial charge >= 0.3 is 0 Å². The molecule has 0 aliphatic heterocycles. The monoisotopic (exact) mass is 412 g/mol. The van der Waals surface area contributed by atoms with E-state index < -0.39 is 0 Å². The van der Waals surface area contributed by atoms with E-state index in [1.807, 2.05) is 12.1 Å². The summed E-state index contributed by atoms with van der Waals surface area (Å²) in [6, 6.07) is 5.98.